The molecule has 1 amide bonds. The van der Waals surface area contributed by atoms with E-state index in [4.69, 9.17) is 9.52 Å². The maximum atomic E-state index is 11.6. The molecule has 18 heavy (non-hydrogen) atoms. The molecule has 0 saturated carbocycles. The van der Waals surface area contributed by atoms with Crippen LogP contribution in [-0.2, 0) is 21.3 Å². The van der Waals surface area contributed by atoms with Crippen LogP contribution in [0.2, 0.25) is 0 Å². The molecule has 1 heterocycles. The summed E-state index contributed by atoms with van der Waals surface area (Å²) >= 11 is 0. The summed E-state index contributed by atoms with van der Waals surface area (Å²) in [4.78, 5) is 21.9. The maximum absolute atomic E-state index is 11.6. The smallest absolute Gasteiger partial charge is 0.372 e. The second kappa shape index (κ2) is 6.34. The van der Waals surface area contributed by atoms with Gasteiger partial charge in [0.05, 0.1) is 5.75 Å². The number of hydrogen-bond donors (Lipinski definition) is 2. The van der Waals surface area contributed by atoms with E-state index >= 15 is 0 Å². The Kier molecular flexibility index (Phi) is 5.08. The highest BCUT2D eigenvalue weighted by Crippen LogP contribution is 2.16. The van der Waals surface area contributed by atoms with Gasteiger partial charge in [0.25, 0.3) is 0 Å². The molecule has 6 nitrogen and oxygen atoms in total. The number of hydrogen-bond acceptors (Lipinski definition) is 4. The lowest BCUT2D eigenvalue weighted by molar-refractivity contribution is -0.118. The lowest BCUT2D eigenvalue weighted by Crippen LogP contribution is -2.28. The van der Waals surface area contributed by atoms with Crippen molar-refractivity contribution in [3.8, 4) is 0 Å². The standard InChI is InChI=1S/C11H15NO5S/c1-3-12-9(13)6-18(16)5-8-4-7(2)10(17-8)11(14)15/h4H,3,5-6H2,1-2H3,(H,12,13)(H,14,15). The monoisotopic (exact) mass is 273 g/mol. The minimum absolute atomic E-state index is 0.0330. The molecule has 0 spiro atoms. The number of carboxylic acids is 1. The molecule has 0 aliphatic heterocycles. The Balaban J connectivity index is 2.62. The molecule has 1 unspecified atom stereocenters. The zero-order chi connectivity index (χ0) is 13.7. The topological polar surface area (TPSA) is 96.6 Å². The van der Waals surface area contributed by atoms with E-state index in [1.807, 2.05) is 0 Å². The van der Waals surface area contributed by atoms with Gasteiger partial charge in [-0.15, -0.1) is 0 Å². The largest absolute Gasteiger partial charge is 0.475 e. The van der Waals surface area contributed by atoms with Gasteiger partial charge in [-0.25, -0.2) is 4.79 Å². The number of furan rings is 1. The van der Waals surface area contributed by atoms with Gasteiger partial charge in [-0.05, 0) is 19.9 Å². The minimum atomic E-state index is -1.41. The number of aromatic carboxylic acids is 1. The fraction of sp³-hybridized carbons (Fsp3) is 0.455. The van der Waals surface area contributed by atoms with E-state index < -0.39 is 16.8 Å². The molecule has 7 heteroatoms. The van der Waals surface area contributed by atoms with Crippen molar-refractivity contribution in [2.75, 3.05) is 12.3 Å². The predicted octanol–water partition coefficient (Wildman–Crippen LogP) is 0.671. The van der Waals surface area contributed by atoms with Gasteiger partial charge in [0.1, 0.15) is 11.5 Å². The van der Waals surface area contributed by atoms with E-state index in [0.717, 1.165) is 0 Å². The van der Waals surface area contributed by atoms with Gasteiger partial charge < -0.3 is 14.8 Å². The van der Waals surface area contributed by atoms with E-state index in [0.29, 0.717) is 17.9 Å². The molecule has 0 fully saturated rings. The lowest BCUT2D eigenvalue weighted by atomic mass is 10.3. The van der Waals surface area contributed by atoms with Gasteiger partial charge in [0, 0.05) is 22.9 Å². The van der Waals surface area contributed by atoms with E-state index in [1.165, 1.54) is 6.07 Å². The zero-order valence-electron chi connectivity index (χ0n) is 10.2. The average molecular weight is 273 g/mol. The Labute approximate surface area is 107 Å². The number of carbonyl (C=O) groups is 2. The summed E-state index contributed by atoms with van der Waals surface area (Å²) in [5.41, 5.74) is 0.479. The summed E-state index contributed by atoms with van der Waals surface area (Å²) in [7, 11) is -1.41. The Morgan fingerprint density at radius 2 is 2.17 bits per heavy atom. The molecule has 0 bridgehead atoms. The van der Waals surface area contributed by atoms with Crippen molar-refractivity contribution in [2.24, 2.45) is 0 Å². The fourth-order valence-electron chi connectivity index (χ4n) is 1.44. The number of nitrogens with one attached hydrogen (secondary N) is 1. The third kappa shape index (κ3) is 3.99. The van der Waals surface area contributed by atoms with E-state index in [1.54, 1.807) is 13.8 Å². The zero-order valence-corrected chi connectivity index (χ0v) is 11.0. The van der Waals surface area contributed by atoms with Gasteiger partial charge in [-0.3, -0.25) is 9.00 Å². The Bertz CT molecular complexity index is 480. The van der Waals surface area contributed by atoms with Crippen LogP contribution in [0.25, 0.3) is 0 Å². The highest BCUT2D eigenvalue weighted by atomic mass is 32.2. The molecule has 100 valence electrons. The van der Waals surface area contributed by atoms with E-state index in [-0.39, 0.29) is 23.2 Å². The summed E-state index contributed by atoms with van der Waals surface area (Å²) in [6.07, 6.45) is 0. The number of aryl methyl sites for hydroxylation is 1. The van der Waals surface area contributed by atoms with Crippen LogP contribution < -0.4 is 5.32 Å². The second-order valence-electron chi connectivity index (χ2n) is 3.71. The van der Waals surface area contributed by atoms with Crippen molar-refractivity contribution >= 4 is 22.7 Å². The van der Waals surface area contributed by atoms with E-state index in [9.17, 15) is 13.8 Å². The number of carbonyl (C=O) groups excluding carboxylic acids is 1. The molecule has 1 aromatic rings. The number of amides is 1. The molecule has 1 aromatic heterocycles. The summed E-state index contributed by atoms with van der Waals surface area (Å²) in [6.45, 7) is 3.86. The van der Waals surface area contributed by atoms with Gasteiger partial charge in [-0.1, -0.05) is 0 Å². The van der Waals surface area contributed by atoms with Crippen LogP contribution in [0.5, 0.6) is 0 Å². The summed E-state index contributed by atoms with van der Waals surface area (Å²) in [5, 5.41) is 11.3. The molecule has 0 saturated heterocycles. The van der Waals surface area contributed by atoms with Crippen LogP contribution >= 0.6 is 0 Å². The van der Waals surface area contributed by atoms with Crippen LogP contribution in [0.4, 0.5) is 0 Å². The lowest BCUT2D eigenvalue weighted by Gasteiger charge is -2.01. The maximum Gasteiger partial charge on any atom is 0.372 e. The van der Waals surface area contributed by atoms with Crippen molar-refractivity contribution in [3.63, 3.8) is 0 Å². The Hall–Kier alpha value is -1.63. The van der Waals surface area contributed by atoms with Crippen molar-refractivity contribution in [2.45, 2.75) is 19.6 Å². The van der Waals surface area contributed by atoms with Crippen molar-refractivity contribution < 1.29 is 23.3 Å². The molecule has 0 radical (unpaired) electrons. The molecular formula is C11H15NO5S. The minimum Gasteiger partial charge on any atom is -0.475 e. The van der Waals surface area contributed by atoms with Gasteiger partial charge in [0.15, 0.2) is 0 Å². The average Bonchev–Trinajstić information content (AvgIpc) is 2.59. The highest BCUT2D eigenvalue weighted by Gasteiger charge is 2.16. The van der Waals surface area contributed by atoms with Crippen molar-refractivity contribution in [1.29, 1.82) is 0 Å². The van der Waals surface area contributed by atoms with Crippen LogP contribution in [-0.4, -0.2) is 33.5 Å². The van der Waals surface area contributed by atoms with Crippen LogP contribution in [0.1, 0.15) is 28.8 Å². The van der Waals surface area contributed by atoms with Crippen LogP contribution in [0, 0.1) is 6.92 Å². The summed E-state index contributed by atoms with van der Waals surface area (Å²) < 4.78 is 16.7. The first-order valence-electron chi connectivity index (χ1n) is 5.38. The van der Waals surface area contributed by atoms with Gasteiger partial charge >= 0.3 is 5.97 Å². The first-order chi connectivity index (χ1) is 8.43. The molecule has 1 atom stereocenters. The molecule has 1 rings (SSSR count). The first-order valence-corrected chi connectivity index (χ1v) is 6.87. The van der Waals surface area contributed by atoms with Gasteiger partial charge in [-0.2, -0.15) is 0 Å². The predicted molar refractivity (Wildman–Crippen MR) is 65.8 cm³/mol. The Morgan fingerprint density at radius 1 is 1.50 bits per heavy atom. The van der Waals surface area contributed by atoms with Crippen molar-refractivity contribution in [1.82, 2.24) is 5.32 Å². The number of rotatable bonds is 6. The Morgan fingerprint density at radius 3 is 2.67 bits per heavy atom. The number of carboxylic acid groups (broad SMARTS) is 1. The van der Waals surface area contributed by atoms with Crippen LogP contribution in [0.15, 0.2) is 10.5 Å². The quantitative estimate of drug-likeness (QED) is 0.794. The fourth-order valence-corrected chi connectivity index (χ4v) is 2.39. The summed E-state index contributed by atoms with van der Waals surface area (Å²) in [6, 6.07) is 1.53. The molecule has 2 N–H and O–H groups in total. The normalized spacial score (nSPS) is 12.1. The van der Waals surface area contributed by atoms with Gasteiger partial charge in [0.2, 0.25) is 11.7 Å². The van der Waals surface area contributed by atoms with Crippen LogP contribution in [0.3, 0.4) is 0 Å². The molecule has 0 aromatic carbocycles. The molecule has 0 aliphatic carbocycles. The van der Waals surface area contributed by atoms with E-state index in [2.05, 4.69) is 5.32 Å². The second-order valence-corrected chi connectivity index (χ2v) is 5.17. The third-order valence-electron chi connectivity index (χ3n) is 2.13. The molecule has 0 aliphatic rings. The first kappa shape index (κ1) is 14.4. The highest BCUT2D eigenvalue weighted by molar-refractivity contribution is 7.84. The summed E-state index contributed by atoms with van der Waals surface area (Å²) in [5.74, 6) is -1.38. The molecular weight excluding hydrogens is 258 g/mol. The SMILES string of the molecule is CCNC(=O)CS(=O)Cc1cc(C)c(C(=O)O)o1. The van der Waals surface area contributed by atoms with Crippen molar-refractivity contribution in [3.05, 3.63) is 23.2 Å². The third-order valence-corrected chi connectivity index (χ3v) is 3.32.